The molecule has 0 spiro atoms. The largest absolute Gasteiger partial charge is 0.389 e. The Morgan fingerprint density at radius 2 is 2.22 bits per heavy atom. The number of piperidine rings is 1. The van der Waals surface area contributed by atoms with E-state index in [1.54, 1.807) is 12.4 Å². The molecule has 1 saturated heterocycles. The molecule has 1 aromatic rings. The van der Waals surface area contributed by atoms with E-state index in [0.717, 1.165) is 44.6 Å². The van der Waals surface area contributed by atoms with Gasteiger partial charge in [0.05, 0.1) is 18.0 Å². The Kier molecular flexibility index (Phi) is 3.16. The molecular weight excluding hydrogens is 250 g/mol. The summed E-state index contributed by atoms with van der Waals surface area (Å²) in [6, 6.07) is 0. The van der Waals surface area contributed by atoms with Crippen molar-refractivity contribution in [3.05, 3.63) is 17.5 Å². The molecule has 3 rings (SSSR count). The molecule has 98 valence electrons. The van der Waals surface area contributed by atoms with Crippen molar-refractivity contribution in [1.29, 1.82) is 0 Å². The number of aliphatic hydroxyl groups is 1. The molecule has 1 N–H and O–H groups in total. The van der Waals surface area contributed by atoms with Gasteiger partial charge in [0.1, 0.15) is 11.0 Å². The van der Waals surface area contributed by atoms with E-state index in [2.05, 4.69) is 14.9 Å². The van der Waals surface area contributed by atoms with Crippen molar-refractivity contribution in [3.8, 4) is 0 Å². The number of fused-ring (bicyclic) bond motifs is 1. The van der Waals surface area contributed by atoms with Crippen LogP contribution in [0, 0.1) is 5.92 Å². The first-order chi connectivity index (χ1) is 8.67. The smallest absolute Gasteiger partial charge is 0.149 e. The summed E-state index contributed by atoms with van der Waals surface area (Å²) in [5.74, 6) is 1.19. The third-order valence-electron chi connectivity index (χ3n) is 4.34. The highest BCUT2D eigenvalue weighted by Gasteiger charge is 2.42. The molecule has 2 heterocycles. The van der Waals surface area contributed by atoms with Crippen LogP contribution in [0.15, 0.2) is 12.4 Å². The van der Waals surface area contributed by atoms with Gasteiger partial charge in [-0.1, -0.05) is 24.4 Å². The summed E-state index contributed by atoms with van der Waals surface area (Å²) < 4.78 is 0. The number of nitrogens with zero attached hydrogens (tertiary/aromatic N) is 3. The normalized spacial score (nSPS) is 32.1. The number of hydrogen-bond donors (Lipinski definition) is 1. The van der Waals surface area contributed by atoms with E-state index in [9.17, 15) is 5.11 Å². The Morgan fingerprint density at radius 1 is 1.33 bits per heavy atom. The summed E-state index contributed by atoms with van der Waals surface area (Å²) in [7, 11) is 0. The minimum atomic E-state index is -0.444. The monoisotopic (exact) mass is 267 g/mol. The van der Waals surface area contributed by atoms with Crippen LogP contribution in [0.4, 0.5) is 5.82 Å². The van der Waals surface area contributed by atoms with Crippen molar-refractivity contribution in [1.82, 2.24) is 9.97 Å². The van der Waals surface area contributed by atoms with Crippen molar-refractivity contribution in [3.63, 3.8) is 0 Å². The lowest BCUT2D eigenvalue weighted by Gasteiger charge is -2.47. The van der Waals surface area contributed by atoms with Gasteiger partial charge in [-0.25, -0.2) is 4.98 Å². The summed E-state index contributed by atoms with van der Waals surface area (Å²) >= 11 is 5.88. The van der Waals surface area contributed by atoms with E-state index < -0.39 is 5.60 Å². The highest BCUT2D eigenvalue weighted by atomic mass is 35.5. The number of rotatable bonds is 1. The summed E-state index contributed by atoms with van der Waals surface area (Å²) in [4.78, 5) is 10.6. The minimum Gasteiger partial charge on any atom is -0.389 e. The van der Waals surface area contributed by atoms with Crippen LogP contribution in [-0.2, 0) is 0 Å². The van der Waals surface area contributed by atoms with Crippen LogP contribution < -0.4 is 4.90 Å². The molecule has 2 fully saturated rings. The summed E-state index contributed by atoms with van der Waals surface area (Å²) in [6.45, 7) is 1.70. The average Bonchev–Trinajstić information content (AvgIpc) is 2.37. The van der Waals surface area contributed by atoms with Gasteiger partial charge < -0.3 is 10.0 Å². The summed E-state index contributed by atoms with van der Waals surface area (Å²) in [6.07, 6.45) is 8.57. The molecule has 2 atom stereocenters. The molecule has 1 saturated carbocycles. The molecule has 0 amide bonds. The predicted octanol–water partition coefficient (Wildman–Crippen LogP) is 2.26. The Hall–Kier alpha value is -0.870. The van der Waals surface area contributed by atoms with Gasteiger partial charge in [-0.05, 0) is 19.3 Å². The van der Waals surface area contributed by atoms with Gasteiger partial charge in [-0.15, -0.1) is 0 Å². The lowest BCUT2D eigenvalue weighted by atomic mass is 9.71. The van der Waals surface area contributed by atoms with Crippen LogP contribution in [0.5, 0.6) is 0 Å². The molecule has 1 aliphatic carbocycles. The Morgan fingerprint density at radius 3 is 3.06 bits per heavy atom. The van der Waals surface area contributed by atoms with Crippen molar-refractivity contribution in [2.24, 2.45) is 5.92 Å². The highest BCUT2D eigenvalue weighted by molar-refractivity contribution is 6.29. The zero-order valence-corrected chi connectivity index (χ0v) is 11.1. The summed E-state index contributed by atoms with van der Waals surface area (Å²) in [5.41, 5.74) is -0.444. The Labute approximate surface area is 112 Å². The molecule has 4 nitrogen and oxygen atoms in total. The number of halogens is 1. The average molecular weight is 268 g/mol. The van der Waals surface area contributed by atoms with E-state index in [0.29, 0.717) is 11.1 Å². The highest BCUT2D eigenvalue weighted by Crippen LogP contribution is 2.40. The van der Waals surface area contributed by atoms with Crippen LogP contribution in [0.3, 0.4) is 0 Å². The molecule has 2 unspecified atom stereocenters. The van der Waals surface area contributed by atoms with Gasteiger partial charge in [0, 0.05) is 19.0 Å². The van der Waals surface area contributed by atoms with Crippen molar-refractivity contribution in [2.45, 2.75) is 37.7 Å². The van der Waals surface area contributed by atoms with Crippen LogP contribution in [0.2, 0.25) is 5.15 Å². The van der Waals surface area contributed by atoms with Crippen molar-refractivity contribution >= 4 is 17.4 Å². The third-order valence-corrected chi connectivity index (χ3v) is 4.53. The van der Waals surface area contributed by atoms with E-state index in [-0.39, 0.29) is 0 Å². The first kappa shape index (κ1) is 12.2. The maximum absolute atomic E-state index is 10.6. The van der Waals surface area contributed by atoms with Gasteiger partial charge in [0.25, 0.3) is 0 Å². The quantitative estimate of drug-likeness (QED) is 0.848. The molecule has 0 bridgehead atoms. The van der Waals surface area contributed by atoms with E-state index in [4.69, 9.17) is 11.6 Å². The van der Waals surface area contributed by atoms with Crippen molar-refractivity contribution < 1.29 is 5.11 Å². The minimum absolute atomic E-state index is 0.362. The molecule has 18 heavy (non-hydrogen) atoms. The number of aromatic nitrogens is 2. The molecule has 1 aromatic heterocycles. The van der Waals surface area contributed by atoms with Gasteiger partial charge in [-0.2, -0.15) is 0 Å². The molecule has 0 aromatic carbocycles. The van der Waals surface area contributed by atoms with Gasteiger partial charge in [-0.3, -0.25) is 4.98 Å². The maximum atomic E-state index is 10.6. The van der Waals surface area contributed by atoms with Gasteiger partial charge in [0.2, 0.25) is 0 Å². The van der Waals surface area contributed by atoms with Crippen LogP contribution in [0.25, 0.3) is 0 Å². The predicted molar refractivity (Wildman–Crippen MR) is 70.8 cm³/mol. The SMILES string of the molecule is OC12CCCCC1CN(c1cncc(Cl)n1)CC2. The first-order valence-corrected chi connectivity index (χ1v) is 7.00. The zero-order chi connectivity index (χ0) is 12.6. The second kappa shape index (κ2) is 4.67. The van der Waals surface area contributed by atoms with Crippen LogP contribution in [0.1, 0.15) is 32.1 Å². The zero-order valence-electron chi connectivity index (χ0n) is 10.3. The Balaban J connectivity index is 1.77. The first-order valence-electron chi connectivity index (χ1n) is 6.62. The fourth-order valence-corrected chi connectivity index (χ4v) is 3.41. The third kappa shape index (κ3) is 2.19. The number of anilines is 1. The second-order valence-corrected chi connectivity index (χ2v) is 5.83. The fraction of sp³-hybridized carbons (Fsp3) is 0.692. The topological polar surface area (TPSA) is 49.2 Å². The number of hydrogen-bond acceptors (Lipinski definition) is 4. The van der Waals surface area contributed by atoms with Gasteiger partial charge in [0.15, 0.2) is 0 Å². The lowest BCUT2D eigenvalue weighted by molar-refractivity contribution is -0.0613. The molecule has 1 aliphatic heterocycles. The molecule has 2 aliphatic rings. The maximum Gasteiger partial charge on any atom is 0.149 e. The van der Waals surface area contributed by atoms with Gasteiger partial charge >= 0.3 is 0 Å². The lowest BCUT2D eigenvalue weighted by Crippen LogP contribution is -2.53. The van der Waals surface area contributed by atoms with Crippen LogP contribution in [-0.4, -0.2) is 33.8 Å². The van der Waals surface area contributed by atoms with E-state index in [1.807, 2.05) is 0 Å². The molecule has 5 heteroatoms. The standard InChI is InChI=1S/C13H18ClN3O/c14-11-7-15-8-12(16-11)17-6-5-13(18)4-2-1-3-10(13)9-17/h7-8,10,18H,1-6,9H2. The fourth-order valence-electron chi connectivity index (χ4n) is 3.26. The molecular formula is C13H18ClN3O. The second-order valence-electron chi connectivity index (χ2n) is 5.44. The van der Waals surface area contributed by atoms with E-state index >= 15 is 0 Å². The summed E-state index contributed by atoms with van der Waals surface area (Å²) in [5, 5.41) is 11.0. The van der Waals surface area contributed by atoms with E-state index in [1.165, 1.54) is 6.42 Å². The molecule has 0 radical (unpaired) electrons. The van der Waals surface area contributed by atoms with Crippen LogP contribution >= 0.6 is 11.6 Å². The van der Waals surface area contributed by atoms with Crippen molar-refractivity contribution in [2.75, 3.05) is 18.0 Å². The Bertz CT molecular complexity index is 442.